The molecule has 10 nitrogen and oxygen atoms in total. The van der Waals surface area contributed by atoms with E-state index in [4.69, 9.17) is 16.0 Å². The minimum atomic E-state index is -0.321. The topological polar surface area (TPSA) is 158 Å². The Morgan fingerprint density at radius 1 is 1.29 bits per heavy atom. The van der Waals surface area contributed by atoms with E-state index >= 15 is 0 Å². The first-order chi connectivity index (χ1) is 13.5. The molecule has 0 saturated heterocycles. The quantitative estimate of drug-likeness (QED) is 0.143. The Labute approximate surface area is 162 Å². The lowest BCUT2D eigenvalue weighted by Gasteiger charge is -2.10. The number of rotatable bonds is 10. The maximum Gasteiger partial charge on any atom is 0.290 e. The van der Waals surface area contributed by atoms with Gasteiger partial charge in [-0.2, -0.15) is 0 Å². The van der Waals surface area contributed by atoms with E-state index in [9.17, 15) is 9.59 Å². The number of H-pyrrole nitrogens is 1. The molecule has 150 valence electrons. The second-order valence-electron chi connectivity index (χ2n) is 6.04. The lowest BCUT2D eigenvalue weighted by atomic mass is 10.1. The second kappa shape index (κ2) is 10.7. The summed E-state index contributed by atoms with van der Waals surface area (Å²) >= 11 is 0. The van der Waals surface area contributed by atoms with E-state index in [1.54, 1.807) is 6.92 Å². The number of guanidine groups is 1. The lowest BCUT2D eigenvalue weighted by molar-refractivity contribution is -0.120. The number of nitrogens with zero attached hydrogens (tertiary/aromatic N) is 1. The average Bonchev–Trinajstić information content (AvgIpc) is 2.65. The minimum Gasteiger partial charge on any atom is -0.368 e. The molecule has 0 radical (unpaired) electrons. The van der Waals surface area contributed by atoms with E-state index in [0.717, 1.165) is 12.0 Å². The summed E-state index contributed by atoms with van der Waals surface area (Å²) in [6, 6.07) is 9.90. The number of hydroxylamine groups is 1. The predicted molar refractivity (Wildman–Crippen MR) is 106 cm³/mol. The van der Waals surface area contributed by atoms with Crippen LogP contribution in [0.3, 0.4) is 0 Å². The third-order valence-corrected chi connectivity index (χ3v) is 3.78. The van der Waals surface area contributed by atoms with E-state index in [2.05, 4.69) is 26.1 Å². The van der Waals surface area contributed by atoms with Crippen molar-refractivity contribution in [1.29, 1.82) is 5.41 Å². The number of anilines is 1. The molecule has 0 atom stereocenters. The van der Waals surface area contributed by atoms with Crippen LogP contribution in [0, 0.1) is 12.3 Å². The van der Waals surface area contributed by atoms with E-state index < -0.39 is 0 Å². The number of aryl methyl sites for hydroxylation is 1. The van der Waals surface area contributed by atoms with Crippen molar-refractivity contribution in [2.75, 3.05) is 25.0 Å². The molecular formula is C18H25N7O3. The molecule has 0 aliphatic heterocycles. The number of amides is 1. The molecule has 0 aliphatic carbocycles. The van der Waals surface area contributed by atoms with Crippen LogP contribution in [0.4, 0.5) is 5.82 Å². The van der Waals surface area contributed by atoms with Gasteiger partial charge in [0.05, 0.1) is 18.7 Å². The van der Waals surface area contributed by atoms with Gasteiger partial charge < -0.3 is 21.4 Å². The smallest absolute Gasteiger partial charge is 0.290 e. The van der Waals surface area contributed by atoms with Crippen molar-refractivity contribution < 1.29 is 9.63 Å². The number of carbonyl (C=O) groups is 1. The van der Waals surface area contributed by atoms with Gasteiger partial charge in [0.25, 0.3) is 5.56 Å². The summed E-state index contributed by atoms with van der Waals surface area (Å²) in [6.07, 6.45) is 0.774. The van der Waals surface area contributed by atoms with Gasteiger partial charge in [0.15, 0.2) is 5.82 Å². The van der Waals surface area contributed by atoms with Crippen LogP contribution >= 0.6 is 0 Å². The monoisotopic (exact) mass is 387 g/mol. The summed E-state index contributed by atoms with van der Waals surface area (Å²) in [5, 5.41) is 12.6. The van der Waals surface area contributed by atoms with Gasteiger partial charge in [-0.3, -0.25) is 19.8 Å². The fourth-order valence-corrected chi connectivity index (χ4v) is 2.42. The Hall–Kier alpha value is -3.40. The number of hydrogen-bond donors (Lipinski definition) is 6. The number of nitrogens with one attached hydrogen (secondary N) is 5. The third-order valence-electron chi connectivity index (χ3n) is 3.78. The molecule has 0 fully saturated rings. The van der Waals surface area contributed by atoms with Crippen molar-refractivity contribution in [3.8, 4) is 0 Å². The first-order valence-electron chi connectivity index (χ1n) is 8.82. The van der Waals surface area contributed by atoms with Crippen LogP contribution in [0.25, 0.3) is 0 Å². The predicted octanol–water partition coefficient (Wildman–Crippen LogP) is -0.194. The normalized spacial score (nSPS) is 10.3. The van der Waals surface area contributed by atoms with Gasteiger partial charge in [-0.1, -0.05) is 30.3 Å². The third kappa shape index (κ3) is 7.08. The van der Waals surface area contributed by atoms with Crippen LogP contribution in [0.1, 0.15) is 17.0 Å². The molecule has 10 heteroatoms. The number of aromatic nitrogens is 2. The lowest BCUT2D eigenvalue weighted by Crippen LogP contribution is -2.35. The molecule has 0 bridgehead atoms. The Morgan fingerprint density at radius 2 is 2.04 bits per heavy atom. The average molecular weight is 387 g/mol. The van der Waals surface area contributed by atoms with Crippen LogP contribution in [0.2, 0.25) is 0 Å². The number of carbonyl (C=O) groups excluding carboxylic acids is 1. The second-order valence-corrected chi connectivity index (χ2v) is 6.04. The maximum atomic E-state index is 12.1. The fraction of sp³-hybridized carbons (Fsp3) is 0.333. The van der Waals surface area contributed by atoms with Crippen molar-refractivity contribution >= 4 is 17.7 Å². The van der Waals surface area contributed by atoms with Crippen molar-refractivity contribution in [3.05, 3.63) is 57.6 Å². The zero-order valence-electron chi connectivity index (χ0n) is 15.7. The SMILES string of the molecule is Cc1[nH]c(=O)c(NCCc2ccccc2)nc1CC(=O)NCCONC(=N)N. The van der Waals surface area contributed by atoms with Crippen molar-refractivity contribution in [2.45, 2.75) is 19.8 Å². The Bertz CT molecular complexity index is 852. The number of benzene rings is 1. The summed E-state index contributed by atoms with van der Waals surface area (Å²) in [5.74, 6) is -0.380. The van der Waals surface area contributed by atoms with Crippen LogP contribution < -0.4 is 27.4 Å². The molecule has 28 heavy (non-hydrogen) atoms. The minimum absolute atomic E-state index is 0.0239. The van der Waals surface area contributed by atoms with Crippen LogP contribution in [-0.4, -0.2) is 41.5 Å². The molecule has 0 saturated carbocycles. The summed E-state index contributed by atoms with van der Waals surface area (Å²) in [7, 11) is 0. The molecular weight excluding hydrogens is 362 g/mol. The van der Waals surface area contributed by atoms with Crippen molar-refractivity contribution in [3.63, 3.8) is 0 Å². The zero-order valence-corrected chi connectivity index (χ0v) is 15.7. The van der Waals surface area contributed by atoms with Gasteiger partial charge in [-0.05, 0) is 18.9 Å². The highest BCUT2D eigenvalue weighted by atomic mass is 16.6. The molecule has 1 aromatic heterocycles. The van der Waals surface area contributed by atoms with E-state index in [1.807, 2.05) is 30.3 Å². The zero-order chi connectivity index (χ0) is 20.4. The molecule has 1 heterocycles. The highest BCUT2D eigenvalue weighted by molar-refractivity contribution is 5.78. The van der Waals surface area contributed by atoms with Gasteiger partial charge in [-0.15, -0.1) is 0 Å². The maximum absolute atomic E-state index is 12.1. The Balaban J connectivity index is 1.86. The summed E-state index contributed by atoms with van der Waals surface area (Å²) < 4.78 is 0. The largest absolute Gasteiger partial charge is 0.368 e. The highest BCUT2D eigenvalue weighted by Gasteiger charge is 2.11. The molecule has 0 aliphatic rings. The molecule has 2 aromatic rings. The van der Waals surface area contributed by atoms with Crippen LogP contribution in [0.15, 0.2) is 35.1 Å². The summed E-state index contributed by atoms with van der Waals surface area (Å²) in [5.41, 5.74) is 9.10. The van der Waals surface area contributed by atoms with Gasteiger partial charge in [0.1, 0.15) is 0 Å². The fourth-order valence-electron chi connectivity index (χ4n) is 2.42. The van der Waals surface area contributed by atoms with E-state index in [-0.39, 0.29) is 42.8 Å². The van der Waals surface area contributed by atoms with Gasteiger partial charge in [0, 0.05) is 18.8 Å². The molecule has 1 aromatic carbocycles. The molecule has 0 unspecified atom stereocenters. The number of hydrogen-bond acceptors (Lipinski definition) is 6. The summed E-state index contributed by atoms with van der Waals surface area (Å²) in [6.45, 7) is 2.64. The molecule has 2 rings (SSSR count). The molecule has 0 spiro atoms. The van der Waals surface area contributed by atoms with E-state index in [1.165, 1.54) is 0 Å². The van der Waals surface area contributed by atoms with Gasteiger partial charge >= 0.3 is 0 Å². The Morgan fingerprint density at radius 3 is 2.75 bits per heavy atom. The number of aromatic amines is 1. The van der Waals surface area contributed by atoms with E-state index in [0.29, 0.717) is 17.9 Å². The Kier molecular flexibility index (Phi) is 7.97. The van der Waals surface area contributed by atoms with Crippen molar-refractivity contribution in [2.24, 2.45) is 5.73 Å². The highest BCUT2D eigenvalue weighted by Crippen LogP contribution is 2.05. The van der Waals surface area contributed by atoms with Gasteiger partial charge in [0.2, 0.25) is 11.9 Å². The number of nitrogens with two attached hydrogens (primary N) is 1. The standard InChI is InChI=1S/C18H25N7O3/c1-12-14(11-15(26)21-9-10-28-25-18(19)20)24-16(17(27)23-12)22-8-7-13-5-3-2-4-6-13/h2-6H,7-11H2,1H3,(H,21,26)(H,22,24)(H,23,27)(H4,19,20,25). The first-order valence-corrected chi connectivity index (χ1v) is 8.82. The van der Waals surface area contributed by atoms with Crippen LogP contribution in [0.5, 0.6) is 0 Å². The van der Waals surface area contributed by atoms with Gasteiger partial charge in [-0.25, -0.2) is 10.5 Å². The van der Waals surface area contributed by atoms with Crippen LogP contribution in [-0.2, 0) is 22.5 Å². The molecule has 7 N–H and O–H groups in total. The van der Waals surface area contributed by atoms with Crippen molar-refractivity contribution in [1.82, 2.24) is 20.8 Å². The first kappa shape index (κ1) is 20.9. The molecule has 1 amide bonds. The summed E-state index contributed by atoms with van der Waals surface area (Å²) in [4.78, 5) is 36.0.